The maximum Gasteiger partial charge on any atom is 0.285 e. The Labute approximate surface area is 160 Å². The molecule has 1 saturated heterocycles. The number of hydrogen-bond donors (Lipinski definition) is 1. The lowest BCUT2D eigenvalue weighted by Crippen LogP contribution is -2.47. The predicted octanol–water partition coefficient (Wildman–Crippen LogP) is 1.07. The van der Waals surface area contributed by atoms with Gasteiger partial charge >= 0.3 is 0 Å². The van der Waals surface area contributed by atoms with Crippen molar-refractivity contribution in [3.8, 4) is 0 Å². The average molecular weight is 401 g/mol. The Morgan fingerprint density at radius 2 is 1.96 bits per heavy atom. The van der Waals surface area contributed by atoms with Gasteiger partial charge in [0.25, 0.3) is 10.0 Å². The van der Waals surface area contributed by atoms with Gasteiger partial charge in [0.2, 0.25) is 5.91 Å². The van der Waals surface area contributed by atoms with Crippen molar-refractivity contribution in [2.45, 2.75) is 30.7 Å². The molecule has 2 aliphatic heterocycles. The number of sulfonamides is 1. The highest BCUT2D eigenvalue weighted by Gasteiger charge is 2.35. The van der Waals surface area contributed by atoms with Crippen molar-refractivity contribution in [1.29, 1.82) is 0 Å². The van der Waals surface area contributed by atoms with Gasteiger partial charge in [0.05, 0.1) is 0 Å². The van der Waals surface area contributed by atoms with Gasteiger partial charge in [-0.25, -0.2) is 0 Å². The van der Waals surface area contributed by atoms with Crippen molar-refractivity contribution in [2.75, 3.05) is 26.7 Å². The summed E-state index contributed by atoms with van der Waals surface area (Å²) in [6.45, 7) is 3.60. The van der Waals surface area contributed by atoms with E-state index < -0.39 is 10.0 Å². The first-order valence-electron chi connectivity index (χ1n) is 8.51. The Morgan fingerprint density at radius 3 is 2.58 bits per heavy atom. The van der Waals surface area contributed by atoms with E-state index in [-0.39, 0.29) is 35.2 Å². The fourth-order valence-electron chi connectivity index (χ4n) is 3.32. The van der Waals surface area contributed by atoms with Crippen LogP contribution >= 0.6 is 12.4 Å². The molecule has 1 amide bonds. The van der Waals surface area contributed by atoms with Crippen molar-refractivity contribution in [3.63, 3.8) is 0 Å². The van der Waals surface area contributed by atoms with Gasteiger partial charge in [0.15, 0.2) is 5.84 Å². The number of likely N-dealkylation sites (N-methyl/N-ethyl adjacent to an activating group) is 1. The highest BCUT2D eigenvalue weighted by molar-refractivity contribution is 7.90. The number of nitrogens with two attached hydrogens (primary N) is 1. The van der Waals surface area contributed by atoms with Crippen LogP contribution in [0.25, 0.3) is 0 Å². The predicted molar refractivity (Wildman–Crippen MR) is 103 cm³/mol. The first-order valence-corrected chi connectivity index (χ1v) is 9.95. The number of fused-ring (bicyclic) bond motifs is 1. The molecule has 9 heteroatoms. The van der Waals surface area contributed by atoms with Crippen LogP contribution in [0.5, 0.6) is 0 Å². The number of carbonyl (C=O) groups excluding carboxylic acids is 1. The van der Waals surface area contributed by atoms with Crippen LogP contribution in [0.3, 0.4) is 0 Å². The summed E-state index contributed by atoms with van der Waals surface area (Å²) in [6.07, 6.45) is 1.36. The fourth-order valence-corrected chi connectivity index (χ4v) is 4.55. The molecule has 2 aliphatic rings. The third kappa shape index (κ3) is 3.72. The molecule has 7 nitrogen and oxygen atoms in total. The number of rotatable bonds is 3. The smallest absolute Gasteiger partial charge is 0.285 e. The number of amides is 1. The summed E-state index contributed by atoms with van der Waals surface area (Å²) in [5.74, 6) is 0.563. The van der Waals surface area contributed by atoms with Crippen LogP contribution in [0.1, 0.15) is 25.3 Å². The van der Waals surface area contributed by atoms with Crippen molar-refractivity contribution in [2.24, 2.45) is 16.0 Å². The van der Waals surface area contributed by atoms with E-state index in [2.05, 4.69) is 4.40 Å². The maximum atomic E-state index is 12.6. The number of piperidine rings is 1. The van der Waals surface area contributed by atoms with E-state index in [0.717, 1.165) is 0 Å². The molecule has 3 rings (SSSR count). The zero-order valence-electron chi connectivity index (χ0n) is 15.0. The number of amidine groups is 1. The number of nitrogens with zero attached hydrogens (tertiary/aromatic N) is 3. The molecule has 1 aromatic rings. The van der Waals surface area contributed by atoms with Crippen LogP contribution in [0.2, 0.25) is 0 Å². The molecule has 1 atom stereocenters. The van der Waals surface area contributed by atoms with Crippen molar-refractivity contribution >= 4 is 34.2 Å². The second kappa shape index (κ2) is 7.94. The molecule has 0 bridgehead atoms. The van der Waals surface area contributed by atoms with E-state index in [0.29, 0.717) is 43.9 Å². The van der Waals surface area contributed by atoms with E-state index in [1.165, 1.54) is 0 Å². The number of benzene rings is 1. The second-order valence-electron chi connectivity index (χ2n) is 6.68. The molecule has 0 spiro atoms. The second-order valence-corrected chi connectivity index (χ2v) is 8.25. The van der Waals surface area contributed by atoms with Crippen LogP contribution in [-0.4, -0.2) is 62.7 Å². The molecule has 0 aliphatic carbocycles. The number of likely N-dealkylation sites (tertiary alicyclic amines) is 1. The SMILES string of the molecule is CC(CN)N(C)C(=O)C1CCN(C2=NS(=O)(=O)c3ccccc32)CC1.Cl. The molecule has 144 valence electrons. The van der Waals surface area contributed by atoms with E-state index >= 15 is 0 Å². The van der Waals surface area contributed by atoms with Gasteiger partial charge in [-0.1, -0.05) is 12.1 Å². The molecule has 2 N–H and O–H groups in total. The molecule has 2 heterocycles. The number of hydrogen-bond acceptors (Lipinski definition) is 5. The molecule has 0 radical (unpaired) electrons. The van der Waals surface area contributed by atoms with Crippen LogP contribution < -0.4 is 5.73 Å². The molecular formula is C17H25ClN4O3S. The van der Waals surface area contributed by atoms with Crippen molar-refractivity contribution < 1.29 is 13.2 Å². The van der Waals surface area contributed by atoms with Gasteiger partial charge < -0.3 is 15.5 Å². The minimum Gasteiger partial charge on any atom is -0.355 e. The molecule has 1 aromatic carbocycles. The van der Waals surface area contributed by atoms with Crippen LogP contribution in [-0.2, 0) is 14.8 Å². The van der Waals surface area contributed by atoms with Crippen molar-refractivity contribution in [3.05, 3.63) is 29.8 Å². The Kier molecular flexibility index (Phi) is 6.31. The summed E-state index contributed by atoms with van der Waals surface area (Å²) in [6, 6.07) is 6.90. The lowest BCUT2D eigenvalue weighted by molar-refractivity contribution is -0.137. The van der Waals surface area contributed by atoms with E-state index in [1.807, 2.05) is 17.9 Å². The molecule has 0 aromatic heterocycles. The van der Waals surface area contributed by atoms with Gasteiger partial charge in [0.1, 0.15) is 4.90 Å². The highest BCUT2D eigenvalue weighted by Crippen LogP contribution is 2.30. The standard InChI is InChI=1S/C17H24N4O3S.ClH/c1-12(11-18)20(2)17(22)13-7-9-21(10-8-13)16-14-5-3-4-6-15(14)25(23,24)19-16;/h3-6,12-13H,7-11,18H2,1-2H3;1H. The Hall–Kier alpha value is -1.64. The van der Waals surface area contributed by atoms with Gasteiger partial charge in [-0.15, -0.1) is 16.8 Å². The summed E-state index contributed by atoms with van der Waals surface area (Å²) < 4.78 is 28.3. The summed E-state index contributed by atoms with van der Waals surface area (Å²) in [5, 5.41) is 0. The normalized spacial score (nSPS) is 20.0. The monoisotopic (exact) mass is 400 g/mol. The molecule has 0 saturated carbocycles. The molecule has 1 unspecified atom stereocenters. The largest absolute Gasteiger partial charge is 0.355 e. The zero-order valence-corrected chi connectivity index (χ0v) is 16.6. The Morgan fingerprint density at radius 1 is 1.35 bits per heavy atom. The Bertz CT molecular complexity index is 804. The van der Waals surface area contributed by atoms with E-state index in [1.54, 1.807) is 30.1 Å². The summed E-state index contributed by atoms with van der Waals surface area (Å²) in [7, 11) is -1.82. The van der Waals surface area contributed by atoms with Crippen LogP contribution in [0.4, 0.5) is 0 Å². The van der Waals surface area contributed by atoms with Crippen molar-refractivity contribution in [1.82, 2.24) is 9.80 Å². The third-order valence-electron chi connectivity index (χ3n) is 5.11. The van der Waals surface area contributed by atoms with Crippen LogP contribution in [0.15, 0.2) is 33.6 Å². The van der Waals surface area contributed by atoms with E-state index in [9.17, 15) is 13.2 Å². The zero-order chi connectivity index (χ0) is 18.2. The summed E-state index contributed by atoms with van der Waals surface area (Å²) in [4.78, 5) is 16.5. The minimum atomic E-state index is -3.60. The van der Waals surface area contributed by atoms with Gasteiger partial charge in [-0.05, 0) is 31.9 Å². The van der Waals surface area contributed by atoms with Gasteiger partial charge in [-0.2, -0.15) is 8.42 Å². The summed E-state index contributed by atoms with van der Waals surface area (Å²) >= 11 is 0. The van der Waals surface area contributed by atoms with Gasteiger partial charge in [-0.3, -0.25) is 4.79 Å². The maximum absolute atomic E-state index is 12.6. The quantitative estimate of drug-likeness (QED) is 0.818. The third-order valence-corrected chi connectivity index (χ3v) is 6.43. The average Bonchev–Trinajstić information content (AvgIpc) is 2.91. The Balaban J connectivity index is 0.00000243. The fraction of sp³-hybridized carbons (Fsp3) is 0.529. The number of halogens is 1. The minimum absolute atomic E-state index is 0. The molecule has 26 heavy (non-hydrogen) atoms. The van der Waals surface area contributed by atoms with E-state index in [4.69, 9.17) is 5.73 Å². The van der Waals surface area contributed by atoms with Gasteiger partial charge in [0, 0.05) is 44.2 Å². The topological polar surface area (TPSA) is 96.1 Å². The molecule has 1 fully saturated rings. The molecular weight excluding hydrogens is 376 g/mol. The lowest BCUT2D eigenvalue weighted by atomic mass is 9.94. The number of carbonyl (C=O) groups is 1. The van der Waals surface area contributed by atoms with Crippen LogP contribution in [0, 0.1) is 5.92 Å². The summed E-state index contributed by atoms with van der Waals surface area (Å²) in [5.41, 5.74) is 6.29. The first kappa shape index (κ1) is 20.7. The highest BCUT2D eigenvalue weighted by atomic mass is 35.5. The first-order chi connectivity index (χ1) is 11.8. The lowest BCUT2D eigenvalue weighted by Gasteiger charge is -2.35.